The molecule has 1 unspecified atom stereocenters. The highest BCUT2D eigenvalue weighted by Crippen LogP contribution is 2.41. The molecule has 0 bridgehead atoms. The van der Waals surface area contributed by atoms with Crippen LogP contribution in [-0.2, 0) is 17.6 Å². The number of amides is 1. The highest BCUT2D eigenvalue weighted by molar-refractivity contribution is 7.17. The molecule has 0 fully saturated rings. The van der Waals surface area contributed by atoms with Gasteiger partial charge in [-0.2, -0.15) is 0 Å². The molecule has 1 aromatic heterocycles. The van der Waals surface area contributed by atoms with Crippen LogP contribution in [-0.4, -0.2) is 23.9 Å². The Morgan fingerprint density at radius 3 is 2.78 bits per heavy atom. The van der Waals surface area contributed by atoms with Crippen LogP contribution in [0.5, 0.6) is 0 Å². The van der Waals surface area contributed by atoms with E-state index in [9.17, 15) is 19.7 Å². The van der Waals surface area contributed by atoms with Gasteiger partial charge in [0, 0.05) is 10.9 Å². The van der Waals surface area contributed by atoms with Crippen LogP contribution in [0.25, 0.3) is 0 Å². The minimum Gasteiger partial charge on any atom is -0.465 e. The topological polar surface area (TPSA) is 98.5 Å². The first-order valence-corrected chi connectivity index (χ1v) is 9.55. The fourth-order valence-electron chi connectivity index (χ4n) is 3.40. The molecule has 27 heavy (non-hydrogen) atoms. The van der Waals surface area contributed by atoms with Crippen LogP contribution >= 0.6 is 11.3 Å². The van der Waals surface area contributed by atoms with Gasteiger partial charge in [-0.05, 0) is 36.8 Å². The lowest BCUT2D eigenvalue weighted by atomic mass is 9.85. The second kappa shape index (κ2) is 7.87. The van der Waals surface area contributed by atoms with Gasteiger partial charge in [0.05, 0.1) is 17.6 Å². The number of carbonyl (C=O) groups excluding carboxylic acids is 2. The normalized spacial score (nSPS) is 15.7. The Morgan fingerprint density at radius 2 is 2.11 bits per heavy atom. The summed E-state index contributed by atoms with van der Waals surface area (Å²) in [5, 5.41) is 14.3. The van der Waals surface area contributed by atoms with E-state index in [1.54, 1.807) is 6.07 Å². The fraction of sp³-hybridized carbons (Fsp3) is 0.368. The Hall–Kier alpha value is -2.74. The van der Waals surface area contributed by atoms with E-state index in [4.69, 9.17) is 4.74 Å². The summed E-state index contributed by atoms with van der Waals surface area (Å²) in [5.74, 6) is -0.557. The molecule has 0 radical (unpaired) electrons. The van der Waals surface area contributed by atoms with Gasteiger partial charge in [0.1, 0.15) is 10.6 Å². The molecule has 1 aliphatic carbocycles. The van der Waals surface area contributed by atoms with E-state index in [2.05, 4.69) is 12.2 Å². The van der Waals surface area contributed by atoms with Crippen molar-refractivity contribution in [3.63, 3.8) is 0 Å². The van der Waals surface area contributed by atoms with Crippen molar-refractivity contribution in [2.75, 3.05) is 12.4 Å². The highest BCUT2D eigenvalue weighted by Gasteiger charge is 2.30. The first kappa shape index (κ1) is 19.0. The van der Waals surface area contributed by atoms with Gasteiger partial charge < -0.3 is 10.1 Å². The summed E-state index contributed by atoms with van der Waals surface area (Å²) in [7, 11) is 1.30. The highest BCUT2D eigenvalue weighted by atomic mass is 32.1. The summed E-state index contributed by atoms with van der Waals surface area (Å²) in [6.45, 7) is 2.14. The Bertz CT molecular complexity index is 906. The predicted molar refractivity (Wildman–Crippen MR) is 103 cm³/mol. The van der Waals surface area contributed by atoms with Crippen LogP contribution < -0.4 is 5.32 Å². The van der Waals surface area contributed by atoms with E-state index >= 15 is 0 Å². The number of hydrogen-bond acceptors (Lipinski definition) is 6. The molecule has 1 aliphatic rings. The average molecular weight is 388 g/mol. The summed E-state index contributed by atoms with van der Waals surface area (Å²) in [6, 6.07) is 5.74. The van der Waals surface area contributed by atoms with Crippen LogP contribution in [0.4, 0.5) is 10.7 Å². The minimum atomic E-state index is -0.613. The van der Waals surface area contributed by atoms with Crippen LogP contribution in [0.3, 0.4) is 0 Å². The molecular weight excluding hydrogens is 368 g/mol. The van der Waals surface area contributed by atoms with Crippen molar-refractivity contribution in [2.24, 2.45) is 5.92 Å². The Balaban J connectivity index is 1.98. The van der Waals surface area contributed by atoms with E-state index in [-0.39, 0.29) is 11.3 Å². The molecule has 1 aromatic carbocycles. The molecular formula is C19H20N2O5S. The third-order valence-electron chi connectivity index (χ3n) is 4.91. The molecule has 3 rings (SSSR count). The van der Waals surface area contributed by atoms with Crippen molar-refractivity contribution in [1.82, 2.24) is 0 Å². The molecule has 1 heterocycles. The van der Waals surface area contributed by atoms with Crippen LogP contribution in [0, 0.1) is 16.0 Å². The quantitative estimate of drug-likeness (QED) is 0.470. The Labute approximate surface area is 160 Å². The lowest BCUT2D eigenvalue weighted by Crippen LogP contribution is -2.17. The van der Waals surface area contributed by atoms with Gasteiger partial charge in [0.25, 0.3) is 11.6 Å². The van der Waals surface area contributed by atoms with Crippen molar-refractivity contribution >= 4 is 33.9 Å². The number of hydrogen-bond donors (Lipinski definition) is 1. The van der Waals surface area contributed by atoms with Gasteiger partial charge in [-0.15, -0.1) is 11.3 Å². The third-order valence-corrected chi connectivity index (χ3v) is 6.08. The number of fused-ring (bicyclic) bond motifs is 1. The lowest BCUT2D eigenvalue weighted by molar-refractivity contribution is -0.385. The number of carbonyl (C=O) groups is 2. The zero-order chi connectivity index (χ0) is 19.6. The minimum absolute atomic E-state index is 0.0453. The number of methoxy groups -OCH3 is 1. The number of nitro benzene ring substituents is 1. The summed E-state index contributed by atoms with van der Waals surface area (Å²) in [6.07, 6.45) is 3.67. The number of benzene rings is 1. The van der Waals surface area contributed by atoms with Crippen molar-refractivity contribution in [3.8, 4) is 0 Å². The SMILES string of the molecule is CCC1CCc2c(sc(NC(=O)c3ccccc3[N+](=O)[O-])c2C(=O)OC)C1. The average Bonchev–Trinajstić information content (AvgIpc) is 3.03. The molecule has 1 N–H and O–H groups in total. The van der Waals surface area contributed by atoms with E-state index in [0.717, 1.165) is 36.1 Å². The first-order chi connectivity index (χ1) is 13.0. The van der Waals surface area contributed by atoms with Gasteiger partial charge >= 0.3 is 5.97 Å². The van der Waals surface area contributed by atoms with Gasteiger partial charge in [0.15, 0.2) is 0 Å². The Morgan fingerprint density at radius 1 is 1.37 bits per heavy atom. The first-order valence-electron chi connectivity index (χ1n) is 8.73. The molecule has 1 amide bonds. The van der Waals surface area contributed by atoms with E-state index in [0.29, 0.717) is 16.5 Å². The van der Waals surface area contributed by atoms with Gasteiger partial charge in [0.2, 0.25) is 0 Å². The molecule has 0 spiro atoms. The maximum absolute atomic E-state index is 12.7. The van der Waals surface area contributed by atoms with Crippen molar-refractivity contribution in [3.05, 3.63) is 55.9 Å². The summed E-state index contributed by atoms with van der Waals surface area (Å²) < 4.78 is 4.91. The third kappa shape index (κ3) is 3.71. The molecule has 7 nitrogen and oxygen atoms in total. The number of para-hydroxylation sites is 1. The number of nitrogens with zero attached hydrogens (tertiary/aromatic N) is 1. The lowest BCUT2D eigenvalue weighted by Gasteiger charge is -2.20. The number of esters is 1. The standard InChI is InChI=1S/C19H20N2O5S/c1-3-11-8-9-13-15(10-11)27-18(16(13)19(23)26-2)20-17(22)12-6-4-5-7-14(12)21(24)25/h4-7,11H,3,8-10H2,1-2H3,(H,20,22). The molecule has 0 aliphatic heterocycles. The second-order valence-corrected chi connectivity index (χ2v) is 7.55. The number of thiophene rings is 1. The van der Waals surface area contributed by atoms with E-state index in [1.807, 2.05) is 0 Å². The summed E-state index contributed by atoms with van der Waals surface area (Å²) in [5.41, 5.74) is 0.978. The molecule has 1 atom stereocenters. The molecule has 2 aromatic rings. The second-order valence-electron chi connectivity index (χ2n) is 6.44. The van der Waals surface area contributed by atoms with Crippen LogP contribution in [0.1, 0.15) is 50.9 Å². The number of nitrogens with one attached hydrogen (secondary N) is 1. The van der Waals surface area contributed by atoms with Gasteiger partial charge in [-0.25, -0.2) is 4.79 Å². The number of anilines is 1. The zero-order valence-corrected chi connectivity index (χ0v) is 15.9. The molecule has 0 saturated carbocycles. The van der Waals surface area contributed by atoms with Gasteiger partial charge in [-0.1, -0.05) is 25.5 Å². The predicted octanol–water partition coefficient (Wildman–Crippen LogP) is 4.21. The summed E-state index contributed by atoms with van der Waals surface area (Å²) >= 11 is 1.36. The van der Waals surface area contributed by atoms with E-state index < -0.39 is 16.8 Å². The number of nitro groups is 1. The molecule has 142 valence electrons. The van der Waals surface area contributed by atoms with Crippen LogP contribution in [0.15, 0.2) is 24.3 Å². The maximum atomic E-state index is 12.7. The molecule has 8 heteroatoms. The van der Waals surface area contributed by atoms with E-state index in [1.165, 1.54) is 36.6 Å². The van der Waals surface area contributed by atoms with Crippen molar-refractivity contribution in [2.45, 2.75) is 32.6 Å². The van der Waals surface area contributed by atoms with Crippen LogP contribution in [0.2, 0.25) is 0 Å². The largest absolute Gasteiger partial charge is 0.465 e. The number of rotatable bonds is 5. The smallest absolute Gasteiger partial charge is 0.341 e. The summed E-state index contributed by atoms with van der Waals surface area (Å²) in [4.78, 5) is 36.7. The zero-order valence-electron chi connectivity index (χ0n) is 15.1. The van der Waals surface area contributed by atoms with Gasteiger partial charge in [-0.3, -0.25) is 14.9 Å². The number of ether oxygens (including phenoxy) is 1. The maximum Gasteiger partial charge on any atom is 0.341 e. The molecule has 0 saturated heterocycles. The van der Waals surface area contributed by atoms with Crippen molar-refractivity contribution in [1.29, 1.82) is 0 Å². The monoisotopic (exact) mass is 388 g/mol. The Kier molecular flexibility index (Phi) is 5.55. The fourth-order valence-corrected chi connectivity index (χ4v) is 4.75. The van der Waals surface area contributed by atoms with Crippen molar-refractivity contribution < 1.29 is 19.2 Å².